The lowest BCUT2D eigenvalue weighted by Crippen LogP contribution is -2.10. The van der Waals surface area contributed by atoms with Crippen LogP contribution >= 0.6 is 23.2 Å². The maximum absolute atomic E-state index is 8.66. The molecule has 0 aliphatic carbocycles. The molecule has 1 aromatic carbocycles. The fourth-order valence-electron chi connectivity index (χ4n) is 1.13. The Balaban J connectivity index is 2.69. The minimum absolute atomic E-state index is 0.119. The largest absolute Gasteiger partial charge is 0.396 e. The van der Waals surface area contributed by atoms with Crippen molar-refractivity contribution in [2.45, 2.75) is 17.2 Å². The van der Waals surface area contributed by atoms with E-state index in [1.807, 2.05) is 30.3 Å². The molecule has 0 atom stereocenters. The van der Waals surface area contributed by atoms with E-state index in [1.54, 1.807) is 0 Å². The highest BCUT2D eigenvalue weighted by Crippen LogP contribution is 2.37. The Morgan fingerprint density at radius 3 is 2.31 bits per heavy atom. The minimum atomic E-state index is -0.871. The van der Waals surface area contributed by atoms with Gasteiger partial charge in [-0.1, -0.05) is 53.5 Å². The van der Waals surface area contributed by atoms with E-state index in [-0.39, 0.29) is 6.61 Å². The van der Waals surface area contributed by atoms with Crippen LogP contribution in [-0.4, -0.2) is 11.7 Å². The van der Waals surface area contributed by atoms with Gasteiger partial charge in [-0.3, -0.25) is 0 Å². The molecule has 0 spiro atoms. The van der Waals surface area contributed by atoms with E-state index in [0.717, 1.165) is 5.56 Å². The molecule has 0 radical (unpaired) electrons. The molecule has 13 heavy (non-hydrogen) atoms. The maximum atomic E-state index is 8.66. The van der Waals surface area contributed by atoms with Crippen molar-refractivity contribution in [1.29, 1.82) is 0 Å². The van der Waals surface area contributed by atoms with E-state index >= 15 is 0 Å². The van der Waals surface area contributed by atoms with E-state index in [2.05, 4.69) is 0 Å². The summed E-state index contributed by atoms with van der Waals surface area (Å²) in [6, 6.07) is 9.48. The summed E-state index contributed by atoms with van der Waals surface area (Å²) in [5.41, 5.74) is 0.881. The third-order valence-electron chi connectivity index (χ3n) is 1.85. The van der Waals surface area contributed by atoms with Gasteiger partial charge in [0.25, 0.3) is 0 Å². The third kappa shape index (κ3) is 3.18. The molecule has 0 aliphatic heterocycles. The summed E-state index contributed by atoms with van der Waals surface area (Å²) < 4.78 is -0.871. The number of aliphatic hydroxyl groups excluding tert-OH is 1. The van der Waals surface area contributed by atoms with Crippen molar-refractivity contribution < 1.29 is 5.11 Å². The second kappa shape index (κ2) is 4.85. The van der Waals surface area contributed by atoms with Crippen LogP contribution in [0.25, 0.3) is 0 Å². The van der Waals surface area contributed by atoms with Crippen LogP contribution in [0.3, 0.4) is 0 Å². The summed E-state index contributed by atoms with van der Waals surface area (Å²) in [5, 5.41) is 8.66. The Kier molecular flexibility index (Phi) is 4.04. The molecule has 1 nitrogen and oxygen atoms in total. The summed E-state index contributed by atoms with van der Waals surface area (Å²) >= 11 is 12.2. The normalized spacial score (nSPS) is 11.6. The van der Waals surface area contributed by atoms with Crippen LogP contribution in [0.15, 0.2) is 30.3 Å². The highest BCUT2D eigenvalue weighted by atomic mass is 35.5. The lowest BCUT2D eigenvalue weighted by Gasteiger charge is -2.19. The fourth-order valence-corrected chi connectivity index (χ4v) is 1.65. The average Bonchev–Trinajstić information content (AvgIpc) is 2.16. The quantitative estimate of drug-likeness (QED) is 0.771. The molecule has 0 aromatic heterocycles. The number of halogens is 2. The molecule has 0 saturated carbocycles. The minimum Gasteiger partial charge on any atom is -0.396 e. The fraction of sp³-hybridized carbons (Fsp3) is 0.400. The Morgan fingerprint density at radius 2 is 1.77 bits per heavy atom. The summed E-state index contributed by atoms with van der Waals surface area (Å²) in [4.78, 5) is 0. The van der Waals surface area contributed by atoms with Crippen LogP contribution in [0.2, 0.25) is 0 Å². The van der Waals surface area contributed by atoms with Gasteiger partial charge in [0.1, 0.15) is 4.33 Å². The Bertz CT molecular complexity index is 246. The van der Waals surface area contributed by atoms with Crippen molar-refractivity contribution in [3.63, 3.8) is 0 Å². The molecule has 3 heteroatoms. The first-order chi connectivity index (χ1) is 6.17. The topological polar surface area (TPSA) is 20.2 Å². The van der Waals surface area contributed by atoms with Gasteiger partial charge in [-0.15, -0.1) is 0 Å². The van der Waals surface area contributed by atoms with Crippen LogP contribution in [0, 0.1) is 0 Å². The molecular formula is C10H12Cl2O. The molecule has 0 fully saturated rings. The van der Waals surface area contributed by atoms with Crippen molar-refractivity contribution in [3.8, 4) is 0 Å². The van der Waals surface area contributed by atoms with E-state index in [9.17, 15) is 0 Å². The standard InChI is InChI=1S/C10H12Cl2O/c11-10(12,7-4-8-13)9-5-2-1-3-6-9/h1-3,5-6,13H,4,7-8H2. The number of aliphatic hydroxyl groups is 1. The maximum Gasteiger partial charge on any atom is 0.143 e. The third-order valence-corrected chi connectivity index (χ3v) is 2.66. The molecule has 1 N–H and O–H groups in total. The van der Waals surface area contributed by atoms with Gasteiger partial charge in [0.2, 0.25) is 0 Å². The Morgan fingerprint density at radius 1 is 1.15 bits per heavy atom. The van der Waals surface area contributed by atoms with Gasteiger partial charge in [-0.25, -0.2) is 0 Å². The number of rotatable bonds is 4. The van der Waals surface area contributed by atoms with Gasteiger partial charge in [-0.2, -0.15) is 0 Å². The van der Waals surface area contributed by atoms with Crippen molar-refractivity contribution in [3.05, 3.63) is 35.9 Å². The van der Waals surface area contributed by atoms with Gasteiger partial charge in [0, 0.05) is 6.61 Å². The monoisotopic (exact) mass is 218 g/mol. The second-order valence-corrected chi connectivity index (χ2v) is 4.38. The van der Waals surface area contributed by atoms with Crippen molar-refractivity contribution >= 4 is 23.2 Å². The number of hydrogen-bond donors (Lipinski definition) is 1. The first-order valence-corrected chi connectivity index (χ1v) is 4.96. The first-order valence-electron chi connectivity index (χ1n) is 4.21. The molecule has 1 rings (SSSR count). The van der Waals surface area contributed by atoms with Crippen LogP contribution in [0.4, 0.5) is 0 Å². The highest BCUT2D eigenvalue weighted by molar-refractivity contribution is 6.47. The zero-order chi connectivity index (χ0) is 9.73. The highest BCUT2D eigenvalue weighted by Gasteiger charge is 2.25. The zero-order valence-corrected chi connectivity index (χ0v) is 8.72. The van der Waals surface area contributed by atoms with Crippen LogP contribution in [0.5, 0.6) is 0 Å². The van der Waals surface area contributed by atoms with Gasteiger partial charge >= 0.3 is 0 Å². The van der Waals surface area contributed by atoms with Crippen LogP contribution in [0.1, 0.15) is 18.4 Å². The SMILES string of the molecule is OCCCC(Cl)(Cl)c1ccccc1. The summed E-state index contributed by atoms with van der Waals surface area (Å²) in [7, 11) is 0. The Labute approximate surface area is 88.3 Å². The van der Waals surface area contributed by atoms with Gasteiger partial charge < -0.3 is 5.11 Å². The summed E-state index contributed by atoms with van der Waals surface area (Å²) in [6.07, 6.45) is 1.18. The second-order valence-electron chi connectivity index (χ2n) is 2.90. The van der Waals surface area contributed by atoms with E-state index in [1.165, 1.54) is 0 Å². The lowest BCUT2D eigenvalue weighted by atomic mass is 10.1. The number of alkyl halides is 2. The smallest absolute Gasteiger partial charge is 0.143 e. The van der Waals surface area contributed by atoms with E-state index < -0.39 is 4.33 Å². The Hall–Kier alpha value is -0.240. The predicted molar refractivity (Wildman–Crippen MR) is 56.1 cm³/mol. The summed E-state index contributed by atoms with van der Waals surface area (Å²) in [6.45, 7) is 0.119. The zero-order valence-electron chi connectivity index (χ0n) is 7.21. The number of benzene rings is 1. The molecule has 0 amide bonds. The number of hydrogen-bond acceptors (Lipinski definition) is 1. The molecule has 72 valence electrons. The van der Waals surface area contributed by atoms with Crippen molar-refractivity contribution in [1.82, 2.24) is 0 Å². The molecule has 0 unspecified atom stereocenters. The molecule has 0 aliphatic rings. The molecule has 0 heterocycles. The van der Waals surface area contributed by atoms with Crippen LogP contribution in [-0.2, 0) is 4.33 Å². The van der Waals surface area contributed by atoms with Crippen LogP contribution < -0.4 is 0 Å². The molecule has 0 saturated heterocycles. The van der Waals surface area contributed by atoms with Crippen molar-refractivity contribution in [2.24, 2.45) is 0 Å². The molecule has 0 bridgehead atoms. The van der Waals surface area contributed by atoms with Crippen molar-refractivity contribution in [2.75, 3.05) is 6.61 Å². The lowest BCUT2D eigenvalue weighted by molar-refractivity contribution is 0.282. The predicted octanol–water partition coefficient (Wildman–Crippen LogP) is 3.09. The average molecular weight is 219 g/mol. The van der Waals surface area contributed by atoms with Gasteiger partial charge in [0.05, 0.1) is 0 Å². The molecular weight excluding hydrogens is 207 g/mol. The first kappa shape index (κ1) is 10.8. The van der Waals surface area contributed by atoms with Gasteiger partial charge in [-0.05, 0) is 18.4 Å². The van der Waals surface area contributed by atoms with E-state index in [0.29, 0.717) is 12.8 Å². The van der Waals surface area contributed by atoms with Gasteiger partial charge in [0.15, 0.2) is 0 Å². The summed E-state index contributed by atoms with van der Waals surface area (Å²) in [5.74, 6) is 0. The molecule has 1 aromatic rings. The van der Waals surface area contributed by atoms with E-state index in [4.69, 9.17) is 28.3 Å².